The van der Waals surface area contributed by atoms with E-state index in [0.717, 1.165) is 38.5 Å². The summed E-state index contributed by atoms with van der Waals surface area (Å²) in [5.41, 5.74) is 0.0730. The average Bonchev–Trinajstić information content (AvgIpc) is 2.13. The number of carbonyl (C=O) groups is 2. The van der Waals surface area contributed by atoms with Gasteiger partial charge in [0.05, 0.1) is 91.5 Å². The number of aliphatic hydroxyl groups excluding tert-OH is 20. The van der Waals surface area contributed by atoms with Crippen molar-refractivity contribution in [2.24, 2.45) is 41.4 Å². The maximum absolute atomic E-state index is 12.6. The van der Waals surface area contributed by atoms with Crippen LogP contribution in [0.5, 0.6) is 0 Å². The Morgan fingerprint density at radius 2 is 0.989 bits per heavy atom. The zero-order valence-electron chi connectivity index (χ0n) is 53.1. The van der Waals surface area contributed by atoms with E-state index in [1.807, 2.05) is 13.8 Å². The van der Waals surface area contributed by atoms with E-state index in [9.17, 15) is 117 Å². The van der Waals surface area contributed by atoms with Gasteiger partial charge >= 0.3 is 0 Å². The highest BCUT2D eigenvalue weighted by Crippen LogP contribution is 2.36. The number of Topliss-reactive ketones (excluding diaryl/α,β-unsaturated/α-hetero) is 1. The summed E-state index contributed by atoms with van der Waals surface area (Å²) in [4.78, 5) is 26.4. The van der Waals surface area contributed by atoms with Gasteiger partial charge in [0, 0.05) is 55.9 Å². The Bertz CT molecular complexity index is 2050. The van der Waals surface area contributed by atoms with Crippen molar-refractivity contribution < 1.29 is 122 Å². The highest BCUT2D eigenvalue weighted by Gasteiger charge is 2.54. The Labute approximate surface area is 513 Å². The maximum atomic E-state index is 12.6. The van der Waals surface area contributed by atoms with Gasteiger partial charge in [-0.25, -0.2) is 0 Å². The van der Waals surface area contributed by atoms with Gasteiger partial charge in [-0.15, -0.1) is 0 Å². The normalized spacial score (nSPS) is 29.4. The summed E-state index contributed by atoms with van der Waals surface area (Å²) in [5, 5.41) is 229. The summed E-state index contributed by atoms with van der Waals surface area (Å²) in [7, 11) is 1.48. The molecule has 2 heterocycles. The Kier molecular flexibility index (Phi) is 34.6. The van der Waals surface area contributed by atoms with Crippen molar-refractivity contribution in [3.8, 4) is 0 Å². The molecule has 25 heteroatoms. The molecule has 29 unspecified atom stereocenters. The summed E-state index contributed by atoms with van der Waals surface area (Å²) >= 11 is 0. The van der Waals surface area contributed by atoms with E-state index < -0.39 is 213 Å². The molecule has 29 atom stereocenters. The van der Waals surface area contributed by atoms with E-state index in [2.05, 4.69) is 6.92 Å². The van der Waals surface area contributed by atoms with E-state index >= 15 is 0 Å². The molecule has 21 N–H and O–H groups in total. The van der Waals surface area contributed by atoms with Crippen LogP contribution in [0.25, 0.3) is 0 Å². The molecule has 0 aromatic carbocycles. The van der Waals surface area contributed by atoms with Crippen molar-refractivity contribution in [2.75, 3.05) is 7.05 Å². The topological polar surface area (TPSA) is 471 Å². The van der Waals surface area contributed by atoms with Crippen LogP contribution >= 0.6 is 0 Å². The molecule has 2 aliphatic rings. The lowest BCUT2D eigenvalue weighted by Crippen LogP contribution is -2.65. The summed E-state index contributed by atoms with van der Waals surface area (Å²) in [5.74, 6) is -9.32. The average molecular weight is 1260 g/mol. The number of unbranched alkanes of at least 4 members (excludes halogenated alkanes) is 6. The molecule has 87 heavy (non-hydrogen) atoms. The number of ether oxygens (including phenoxy) is 1. The standard InChI is InChI=1S/C62H115NO24/c1-12-13-14-15-16-17-18-19-38(64)28-62(86)60(84)59(83)57(81)47(87-62)27-46(72)56(80)58(82)55(79)45(71)25-40(66)23-39(65)24-41(67)32(5)50(74)33(6)42(68)26-43(69)34(7)51(75)35(8)52(76)36(9)53(77)44(70)22-30(3)20-29(2)21-31(4)49(73)48-54(78)37(10)63(11)61(48)85/h21,29-30,32-47,50-53,55-60,64-77,79-84,86H,12-20,22-28H2,1-11H3/b31-21+,49-48+. The third kappa shape index (κ3) is 23.3. The second-order valence-corrected chi connectivity index (χ2v) is 26.4. The van der Waals surface area contributed by atoms with Crippen LogP contribution in [0.1, 0.15) is 172 Å². The monoisotopic (exact) mass is 1260 g/mol. The predicted molar refractivity (Wildman–Crippen MR) is 318 cm³/mol. The number of hydrogen-bond acceptors (Lipinski definition) is 24. The van der Waals surface area contributed by atoms with Crippen LogP contribution in [0, 0.1) is 41.4 Å². The minimum atomic E-state index is -2.59. The third-order valence-electron chi connectivity index (χ3n) is 18.8. The number of rotatable bonds is 41. The van der Waals surface area contributed by atoms with Gasteiger partial charge < -0.3 is 117 Å². The molecule has 1 amide bonds. The first-order valence-electron chi connectivity index (χ1n) is 31.5. The lowest BCUT2D eigenvalue weighted by Gasteiger charge is -2.47. The van der Waals surface area contributed by atoms with E-state index in [0.29, 0.717) is 18.4 Å². The van der Waals surface area contributed by atoms with Crippen molar-refractivity contribution in [3.63, 3.8) is 0 Å². The Morgan fingerprint density at radius 3 is 1.51 bits per heavy atom. The zero-order chi connectivity index (χ0) is 66.9. The molecule has 0 radical (unpaired) electrons. The Balaban J connectivity index is 1.88. The molecule has 0 bridgehead atoms. The number of nitrogens with zero attached hydrogens (tertiary/aromatic N) is 1. The molecule has 2 fully saturated rings. The van der Waals surface area contributed by atoms with E-state index in [1.165, 1.54) is 46.6 Å². The van der Waals surface area contributed by atoms with Crippen molar-refractivity contribution in [2.45, 2.75) is 306 Å². The lowest BCUT2D eigenvalue weighted by molar-refractivity contribution is -0.356. The van der Waals surface area contributed by atoms with Crippen LogP contribution in [0.2, 0.25) is 0 Å². The maximum Gasteiger partial charge on any atom is 0.261 e. The predicted octanol–water partition coefficient (Wildman–Crippen LogP) is -1.17. The summed E-state index contributed by atoms with van der Waals surface area (Å²) in [6, 6.07) is -0.694. The molecule has 0 saturated carbocycles. The fourth-order valence-electron chi connectivity index (χ4n) is 12.3. The molecule has 25 nitrogen and oxygen atoms in total. The quantitative estimate of drug-likeness (QED) is 0.0148. The molecule has 0 spiro atoms. The zero-order valence-corrected chi connectivity index (χ0v) is 53.1. The number of ketones is 1. The molecular weight excluding hydrogens is 1140 g/mol. The highest BCUT2D eigenvalue weighted by molar-refractivity contribution is 6.26. The number of likely N-dealkylation sites (N-methyl/N-ethyl adjacent to an activating group) is 1. The van der Waals surface area contributed by atoms with Gasteiger partial charge in [-0.3, -0.25) is 9.59 Å². The van der Waals surface area contributed by atoms with Gasteiger partial charge in [-0.2, -0.15) is 0 Å². The van der Waals surface area contributed by atoms with Crippen molar-refractivity contribution in [3.05, 3.63) is 23.0 Å². The SMILES string of the molecule is CCCCCCCCCC(O)CC1(O)OC(CC(O)C(O)C(O)C(O)C(O)CC(O)CC(O)CC(O)C(C)C(O)C(C)C(O)CC(O)C(C)C(O)C(C)C(O)C(C)C(O)C(O)CC(C)CC(C)/C=C(C)/C(O)=C2/C(=O)C(C)N(C)C2=O)C(O)C(O)C1O. The van der Waals surface area contributed by atoms with E-state index in [1.54, 1.807) is 19.9 Å². The minimum Gasteiger partial charge on any atom is -0.507 e. The first kappa shape index (κ1) is 80.7. The van der Waals surface area contributed by atoms with Gasteiger partial charge in [-0.1, -0.05) is 106 Å². The minimum absolute atomic E-state index is 0.112. The van der Waals surface area contributed by atoms with E-state index in [4.69, 9.17) is 4.74 Å². The number of allylic oxidation sites excluding steroid dienone is 2. The van der Waals surface area contributed by atoms with Crippen LogP contribution in [0.4, 0.5) is 0 Å². The Hall–Kier alpha value is -2.42. The number of likely N-dealkylation sites (tertiary alicyclic amines) is 1. The van der Waals surface area contributed by atoms with Crippen LogP contribution in [0.15, 0.2) is 23.0 Å². The molecule has 2 rings (SSSR count). The third-order valence-corrected chi connectivity index (χ3v) is 18.8. The molecule has 0 aromatic rings. The first-order valence-corrected chi connectivity index (χ1v) is 31.5. The summed E-state index contributed by atoms with van der Waals surface area (Å²) in [6.07, 6.45) is -28.2. The summed E-state index contributed by atoms with van der Waals surface area (Å²) < 4.78 is 5.50. The second kappa shape index (κ2) is 37.3. The van der Waals surface area contributed by atoms with Gasteiger partial charge in [-0.05, 0) is 69.8 Å². The number of aliphatic hydroxyl groups is 21. The fourth-order valence-corrected chi connectivity index (χ4v) is 12.3. The van der Waals surface area contributed by atoms with Crippen LogP contribution in [0.3, 0.4) is 0 Å². The van der Waals surface area contributed by atoms with Crippen LogP contribution < -0.4 is 0 Å². The van der Waals surface area contributed by atoms with Gasteiger partial charge in [0.2, 0.25) is 0 Å². The van der Waals surface area contributed by atoms with Gasteiger partial charge in [0.15, 0.2) is 11.6 Å². The second-order valence-electron chi connectivity index (χ2n) is 26.4. The molecule has 0 aliphatic carbocycles. The molecule has 2 aliphatic heterocycles. The van der Waals surface area contributed by atoms with Crippen LogP contribution in [-0.2, 0) is 14.3 Å². The largest absolute Gasteiger partial charge is 0.507 e. The van der Waals surface area contributed by atoms with Crippen molar-refractivity contribution in [1.82, 2.24) is 4.90 Å². The number of carbonyl (C=O) groups excluding carboxylic acids is 2. The van der Waals surface area contributed by atoms with Crippen molar-refractivity contribution >= 4 is 11.7 Å². The van der Waals surface area contributed by atoms with Crippen LogP contribution in [-0.4, -0.2) is 265 Å². The smallest absolute Gasteiger partial charge is 0.261 e. The highest BCUT2D eigenvalue weighted by atomic mass is 16.7. The first-order chi connectivity index (χ1) is 40.3. The molecule has 512 valence electrons. The van der Waals surface area contributed by atoms with E-state index in [-0.39, 0.29) is 36.7 Å². The van der Waals surface area contributed by atoms with Gasteiger partial charge in [0.1, 0.15) is 48.0 Å². The number of amides is 1. The van der Waals surface area contributed by atoms with Gasteiger partial charge in [0.25, 0.3) is 5.91 Å². The Morgan fingerprint density at radius 1 is 0.540 bits per heavy atom. The molecule has 0 aromatic heterocycles. The fraction of sp³-hybridized carbons (Fsp3) is 0.903. The number of hydrogen-bond donors (Lipinski definition) is 21. The molecule has 2 saturated heterocycles. The van der Waals surface area contributed by atoms with Crippen molar-refractivity contribution in [1.29, 1.82) is 0 Å². The lowest BCUT2D eigenvalue weighted by atomic mass is 9.77. The summed E-state index contributed by atoms with van der Waals surface area (Å²) in [6.45, 7) is 16.3. The molecular formula is C62H115NO24.